The Morgan fingerprint density at radius 2 is 1.21 bits per heavy atom. The minimum atomic E-state index is -1.98. The smallest absolute Gasteiger partial charge is 0.228 e. The van der Waals surface area contributed by atoms with Crippen LogP contribution >= 0.6 is 0 Å². The molecule has 5 heteroatoms. The first-order valence-electron chi connectivity index (χ1n) is 6.68. The van der Waals surface area contributed by atoms with Crippen LogP contribution in [0, 0.1) is 0 Å². The van der Waals surface area contributed by atoms with Gasteiger partial charge in [-0.05, 0) is 40.0 Å². The Morgan fingerprint density at radius 3 is 1.47 bits per heavy atom. The zero-order valence-corrected chi connectivity index (χ0v) is 15.5. The van der Waals surface area contributed by atoms with Crippen LogP contribution in [0.1, 0.15) is 13.8 Å². The van der Waals surface area contributed by atoms with Gasteiger partial charge >= 0.3 is 0 Å². The van der Waals surface area contributed by atoms with Crippen molar-refractivity contribution in [1.82, 2.24) is 0 Å². The van der Waals surface area contributed by atoms with Gasteiger partial charge in [0.25, 0.3) is 0 Å². The average Bonchev–Trinajstić information content (AvgIpc) is 2.12. The zero-order chi connectivity index (χ0) is 15.1. The molecule has 19 heavy (non-hydrogen) atoms. The summed E-state index contributed by atoms with van der Waals surface area (Å²) in [4.78, 5) is 0. The largest absolute Gasteiger partial charge is 0.453 e. The number of hydrogen-bond donors (Lipinski definition) is 0. The van der Waals surface area contributed by atoms with Gasteiger partial charge in [-0.15, -0.1) is 0 Å². The van der Waals surface area contributed by atoms with E-state index in [1.807, 2.05) is 13.8 Å². The van der Waals surface area contributed by atoms with Gasteiger partial charge in [0.1, 0.15) is 0 Å². The molecule has 0 spiro atoms. The Bertz CT molecular complexity index is 288. The van der Waals surface area contributed by atoms with Crippen LogP contribution in [0.3, 0.4) is 0 Å². The average molecular weight is 303 g/mol. The van der Waals surface area contributed by atoms with Gasteiger partial charge in [-0.2, -0.15) is 0 Å². The van der Waals surface area contributed by atoms with E-state index in [9.17, 15) is 0 Å². The van der Waals surface area contributed by atoms with Gasteiger partial charge in [0, 0.05) is 0 Å². The highest BCUT2D eigenvalue weighted by molar-refractivity contribution is 6.84. The van der Waals surface area contributed by atoms with Gasteiger partial charge in [0.05, 0.1) is 25.7 Å². The highest BCUT2D eigenvalue weighted by atomic mass is 28.4. The molecule has 0 N–H and O–H groups in total. The predicted octanol–water partition coefficient (Wildman–Crippen LogP) is 3.68. The minimum Gasteiger partial charge on any atom is -0.453 e. The van der Waals surface area contributed by atoms with Gasteiger partial charge in [-0.3, -0.25) is 0 Å². The molecule has 0 aromatic carbocycles. The van der Waals surface area contributed by atoms with E-state index in [1.54, 1.807) is 0 Å². The van der Waals surface area contributed by atoms with Crippen LogP contribution in [0.5, 0.6) is 0 Å². The first-order chi connectivity index (χ1) is 8.54. The molecule has 3 nitrogen and oxygen atoms in total. The second-order valence-electron chi connectivity index (χ2n) is 6.56. The van der Waals surface area contributed by atoms with E-state index < -0.39 is 16.6 Å². The van der Waals surface area contributed by atoms with Gasteiger partial charge < -0.3 is 13.6 Å². The van der Waals surface area contributed by atoms with Crippen LogP contribution in [0.15, 0.2) is 24.3 Å². The fraction of sp³-hybridized carbons (Fsp3) is 0.714. The third kappa shape index (κ3) is 11.3. The van der Waals surface area contributed by atoms with Crippen molar-refractivity contribution in [2.24, 2.45) is 0 Å². The van der Waals surface area contributed by atoms with Crippen LogP contribution in [-0.2, 0) is 13.6 Å². The summed E-state index contributed by atoms with van der Waals surface area (Å²) in [6.07, 6.45) is 1.31. The van der Waals surface area contributed by atoms with E-state index in [-0.39, 0.29) is 0 Å². The van der Waals surface area contributed by atoms with Gasteiger partial charge in [0.2, 0.25) is 8.32 Å². The van der Waals surface area contributed by atoms with Crippen molar-refractivity contribution in [1.29, 1.82) is 0 Å². The fourth-order valence-corrected chi connectivity index (χ4v) is 9.26. The van der Waals surface area contributed by atoms with E-state index in [0.717, 1.165) is 11.1 Å². The Morgan fingerprint density at radius 1 is 0.842 bits per heavy atom. The maximum Gasteiger partial charge on any atom is 0.228 e. The molecule has 0 aromatic heterocycles. The minimum absolute atomic E-state index is 0.595. The molecule has 0 unspecified atom stereocenters. The lowest BCUT2D eigenvalue weighted by atomic mass is 10.4. The van der Waals surface area contributed by atoms with Crippen LogP contribution in [-0.4, -0.2) is 42.3 Å². The summed E-state index contributed by atoms with van der Waals surface area (Å²) in [5, 5.41) is 0. The summed E-state index contributed by atoms with van der Waals surface area (Å²) in [6, 6.07) is 0. The Balaban J connectivity index is 4.43. The first kappa shape index (κ1) is 18.8. The molecule has 0 radical (unpaired) electrons. The van der Waals surface area contributed by atoms with Gasteiger partial charge in [-0.25, -0.2) is 0 Å². The predicted molar refractivity (Wildman–Crippen MR) is 87.3 cm³/mol. The quantitative estimate of drug-likeness (QED) is 0.455. The van der Waals surface area contributed by atoms with Crippen molar-refractivity contribution in [3.8, 4) is 0 Å². The number of rotatable bonds is 10. The van der Waals surface area contributed by atoms with Crippen molar-refractivity contribution in [3.05, 3.63) is 24.3 Å². The molecule has 0 atom stereocenters. The van der Waals surface area contributed by atoms with Gasteiger partial charge in [-0.1, -0.05) is 24.3 Å². The highest BCUT2D eigenvalue weighted by Crippen LogP contribution is 2.16. The lowest BCUT2D eigenvalue weighted by Crippen LogP contribution is -2.52. The fourth-order valence-electron chi connectivity index (χ4n) is 1.72. The molecule has 0 rings (SSSR count). The highest BCUT2D eigenvalue weighted by Gasteiger charge is 2.35. The summed E-state index contributed by atoms with van der Waals surface area (Å²) >= 11 is 0. The number of hydrogen-bond acceptors (Lipinski definition) is 3. The van der Waals surface area contributed by atoms with E-state index in [4.69, 9.17) is 13.6 Å². The number of ether oxygens (including phenoxy) is 2. The van der Waals surface area contributed by atoms with E-state index >= 15 is 0 Å². The van der Waals surface area contributed by atoms with Crippen molar-refractivity contribution in [3.63, 3.8) is 0 Å². The molecule has 0 bridgehead atoms. The Labute approximate surface area is 120 Å². The van der Waals surface area contributed by atoms with Crippen LogP contribution in [0.4, 0.5) is 0 Å². The molecule has 112 valence electrons. The Kier molecular flexibility index (Phi) is 8.07. The van der Waals surface area contributed by atoms with Crippen molar-refractivity contribution in [2.45, 2.75) is 40.0 Å². The lowest BCUT2D eigenvalue weighted by Gasteiger charge is -2.34. The molecule has 0 aliphatic rings. The Hall–Kier alpha value is -0.206. The molecular formula is C14H30O3Si2. The second kappa shape index (κ2) is 8.16. The molecule has 0 aliphatic carbocycles. The van der Waals surface area contributed by atoms with Crippen LogP contribution in [0.2, 0.25) is 26.2 Å². The molecule has 0 saturated heterocycles. The van der Waals surface area contributed by atoms with Crippen molar-refractivity contribution >= 4 is 16.6 Å². The second-order valence-corrected chi connectivity index (χ2v) is 15.1. The normalized spacial score (nSPS) is 12.5. The molecule has 0 aliphatic heterocycles. The first-order valence-corrected chi connectivity index (χ1v) is 12.9. The third-order valence-corrected chi connectivity index (χ3v) is 8.11. The van der Waals surface area contributed by atoms with E-state index in [2.05, 4.69) is 39.3 Å². The molecule has 0 fully saturated rings. The van der Waals surface area contributed by atoms with E-state index in [0.29, 0.717) is 25.7 Å². The summed E-state index contributed by atoms with van der Waals surface area (Å²) in [5.41, 5.74) is 2.07. The van der Waals surface area contributed by atoms with Crippen LogP contribution in [0.25, 0.3) is 0 Å². The lowest BCUT2D eigenvalue weighted by molar-refractivity contribution is 0.156. The molecule has 0 saturated carbocycles. The maximum absolute atomic E-state index is 6.36. The topological polar surface area (TPSA) is 27.7 Å². The summed E-state index contributed by atoms with van der Waals surface area (Å²) in [5.74, 6) is 0. The molecular weight excluding hydrogens is 272 g/mol. The standard InChI is InChI=1S/C14H30O3Si2/c1-13(2)9-15-11-19(8,17-18(5,6)7)12-16-10-14(3)4/h1,3,9-12H2,2,4-8H3. The zero-order valence-electron chi connectivity index (χ0n) is 13.5. The van der Waals surface area contributed by atoms with E-state index in [1.165, 1.54) is 0 Å². The van der Waals surface area contributed by atoms with Crippen molar-refractivity contribution < 1.29 is 13.6 Å². The maximum atomic E-state index is 6.36. The molecule has 0 heterocycles. The van der Waals surface area contributed by atoms with Gasteiger partial charge in [0.15, 0.2) is 8.32 Å². The summed E-state index contributed by atoms with van der Waals surface area (Å²) < 4.78 is 17.8. The molecule has 0 aromatic rings. The monoisotopic (exact) mass is 302 g/mol. The third-order valence-electron chi connectivity index (χ3n) is 2.06. The molecule has 0 amide bonds. The summed E-state index contributed by atoms with van der Waals surface area (Å²) in [6.45, 7) is 21.6. The summed E-state index contributed by atoms with van der Waals surface area (Å²) in [7, 11) is -3.57. The SMILES string of the molecule is C=C(C)COC[Si](C)(COCC(=C)C)O[Si](C)(C)C. The van der Waals surface area contributed by atoms with Crippen LogP contribution < -0.4 is 0 Å². The van der Waals surface area contributed by atoms with Crippen molar-refractivity contribution in [2.75, 3.05) is 25.7 Å².